The number of aryl methyl sites for hydroxylation is 2. The number of anilines is 1. The van der Waals surface area contributed by atoms with Gasteiger partial charge in [-0.15, -0.1) is 0 Å². The first-order valence-corrected chi connectivity index (χ1v) is 11.9. The van der Waals surface area contributed by atoms with Crippen molar-refractivity contribution in [2.24, 2.45) is 0 Å². The van der Waals surface area contributed by atoms with Crippen LogP contribution in [0.15, 0.2) is 76.4 Å². The van der Waals surface area contributed by atoms with Crippen molar-refractivity contribution in [1.82, 2.24) is 0 Å². The summed E-state index contributed by atoms with van der Waals surface area (Å²) in [6, 6.07) is 16.4. The topological polar surface area (TPSA) is 89.2 Å². The minimum Gasteiger partial charge on any atom is -0.503 e. The van der Waals surface area contributed by atoms with Gasteiger partial charge < -0.3 is 19.0 Å². The van der Waals surface area contributed by atoms with Crippen LogP contribution in [0.1, 0.15) is 33.3 Å². The van der Waals surface area contributed by atoms with Crippen LogP contribution >= 0.6 is 11.6 Å². The van der Waals surface area contributed by atoms with E-state index in [1.165, 1.54) is 25.2 Å². The van der Waals surface area contributed by atoms with Crippen LogP contribution < -0.4 is 14.4 Å². The van der Waals surface area contributed by atoms with Crippen LogP contribution in [0.2, 0.25) is 5.02 Å². The number of ether oxygens (including phenoxy) is 2. The number of Topliss-reactive ketones (excluding diaryl/α,β-unsaturated/α-hetero) is 1. The Morgan fingerprint density at radius 2 is 1.70 bits per heavy atom. The molecular weight excluding hydrogens is 494 g/mol. The Hall–Kier alpha value is -4.23. The number of aliphatic hydroxyl groups excluding tert-OH is 1. The summed E-state index contributed by atoms with van der Waals surface area (Å²) < 4.78 is 16.8. The number of benzene rings is 3. The quantitative estimate of drug-likeness (QED) is 0.293. The number of amides is 1. The minimum atomic E-state index is -0.961. The van der Waals surface area contributed by atoms with Gasteiger partial charge in [-0.3, -0.25) is 14.5 Å². The molecule has 0 radical (unpaired) electrons. The van der Waals surface area contributed by atoms with Gasteiger partial charge in [-0.05, 0) is 55.3 Å². The molecule has 0 aliphatic carbocycles. The lowest BCUT2D eigenvalue weighted by Gasteiger charge is -2.28. The van der Waals surface area contributed by atoms with Gasteiger partial charge in [0.1, 0.15) is 5.75 Å². The highest BCUT2D eigenvalue weighted by atomic mass is 35.5. The van der Waals surface area contributed by atoms with E-state index in [-0.39, 0.29) is 11.3 Å². The first-order chi connectivity index (χ1) is 17.7. The molecule has 8 heteroatoms. The molecule has 0 spiro atoms. The minimum absolute atomic E-state index is 0.0632. The summed E-state index contributed by atoms with van der Waals surface area (Å²) in [7, 11) is 2.98. The van der Waals surface area contributed by atoms with Crippen molar-refractivity contribution >= 4 is 39.9 Å². The number of hydrogen-bond acceptors (Lipinski definition) is 6. The SMILES string of the molecule is COc1ccccc1C1C(C(=O)c2cc3cc(Cl)cc(OC)c3o2)=C(O)C(=O)N1c1ccc(C)c(C)c1. The van der Waals surface area contributed by atoms with E-state index in [9.17, 15) is 14.7 Å². The molecule has 2 heterocycles. The van der Waals surface area contributed by atoms with Gasteiger partial charge in [-0.25, -0.2) is 0 Å². The van der Waals surface area contributed by atoms with E-state index in [2.05, 4.69) is 0 Å². The standard InChI is InChI=1S/C29H24ClNO6/c1-15-9-10-19(11-16(15)2)31-25(20-7-5-6-8-21(20)35-3)24(27(33)29(31)34)26(32)22-13-17-12-18(30)14-23(36-4)28(17)37-22/h5-14,25,33H,1-4H3. The van der Waals surface area contributed by atoms with E-state index in [4.69, 9.17) is 25.5 Å². The van der Waals surface area contributed by atoms with Crippen molar-refractivity contribution < 1.29 is 28.6 Å². The lowest BCUT2D eigenvalue weighted by Crippen LogP contribution is -2.31. The zero-order chi connectivity index (χ0) is 26.4. The molecular formula is C29H24ClNO6. The number of carbonyl (C=O) groups is 2. The molecule has 0 saturated heterocycles. The summed E-state index contributed by atoms with van der Waals surface area (Å²) in [6.07, 6.45) is 0. The largest absolute Gasteiger partial charge is 0.503 e. The van der Waals surface area contributed by atoms with E-state index in [0.29, 0.717) is 38.7 Å². The summed E-state index contributed by atoms with van der Waals surface area (Å²) in [5.74, 6) is -1.22. The third-order valence-electron chi connectivity index (χ3n) is 6.65. The Kier molecular flexibility index (Phi) is 6.17. The van der Waals surface area contributed by atoms with E-state index >= 15 is 0 Å². The summed E-state index contributed by atoms with van der Waals surface area (Å²) >= 11 is 6.19. The smallest absolute Gasteiger partial charge is 0.294 e. The van der Waals surface area contributed by atoms with E-state index in [1.807, 2.05) is 26.0 Å². The van der Waals surface area contributed by atoms with Crippen molar-refractivity contribution in [3.63, 3.8) is 0 Å². The molecule has 0 fully saturated rings. The highest BCUT2D eigenvalue weighted by Gasteiger charge is 2.46. The second-order valence-electron chi connectivity index (χ2n) is 8.82. The predicted molar refractivity (Wildman–Crippen MR) is 141 cm³/mol. The van der Waals surface area contributed by atoms with Crippen LogP contribution in [0, 0.1) is 13.8 Å². The van der Waals surface area contributed by atoms with Gasteiger partial charge in [0.05, 0.1) is 25.8 Å². The number of fused-ring (bicyclic) bond motifs is 1. The molecule has 1 aromatic heterocycles. The van der Waals surface area contributed by atoms with Crippen molar-refractivity contribution in [3.8, 4) is 11.5 Å². The summed E-state index contributed by atoms with van der Waals surface area (Å²) in [4.78, 5) is 28.8. The van der Waals surface area contributed by atoms with Crippen molar-refractivity contribution in [2.45, 2.75) is 19.9 Å². The lowest BCUT2D eigenvalue weighted by atomic mass is 9.93. The van der Waals surface area contributed by atoms with Gasteiger partial charge in [0, 0.05) is 27.7 Å². The molecule has 1 amide bonds. The molecule has 188 valence electrons. The molecule has 5 rings (SSSR count). The van der Waals surface area contributed by atoms with E-state index in [1.54, 1.807) is 42.5 Å². The van der Waals surface area contributed by atoms with Crippen LogP contribution in [-0.2, 0) is 4.79 Å². The summed E-state index contributed by atoms with van der Waals surface area (Å²) in [5, 5.41) is 12.1. The Labute approximate surface area is 218 Å². The summed E-state index contributed by atoms with van der Waals surface area (Å²) in [5.41, 5.74) is 3.31. The lowest BCUT2D eigenvalue weighted by molar-refractivity contribution is -0.117. The van der Waals surface area contributed by atoms with E-state index < -0.39 is 23.5 Å². The van der Waals surface area contributed by atoms with Gasteiger partial charge in [0.25, 0.3) is 5.91 Å². The molecule has 0 bridgehead atoms. The van der Waals surface area contributed by atoms with Gasteiger partial charge in [-0.1, -0.05) is 35.9 Å². The number of carbonyl (C=O) groups excluding carboxylic acids is 2. The fourth-order valence-corrected chi connectivity index (χ4v) is 4.86. The number of furan rings is 1. The second kappa shape index (κ2) is 9.33. The number of para-hydroxylation sites is 1. The molecule has 0 saturated carbocycles. The highest BCUT2D eigenvalue weighted by molar-refractivity contribution is 6.31. The monoisotopic (exact) mass is 517 g/mol. The Morgan fingerprint density at radius 1 is 0.973 bits per heavy atom. The molecule has 1 atom stereocenters. The maximum atomic E-state index is 13.9. The highest BCUT2D eigenvalue weighted by Crippen LogP contribution is 2.45. The Morgan fingerprint density at radius 3 is 2.41 bits per heavy atom. The third-order valence-corrected chi connectivity index (χ3v) is 6.86. The van der Waals surface area contributed by atoms with Crippen LogP contribution in [-0.4, -0.2) is 31.0 Å². The number of nitrogens with zero attached hydrogens (tertiary/aromatic N) is 1. The normalized spacial score (nSPS) is 15.5. The van der Waals surface area contributed by atoms with Crippen LogP contribution in [0.3, 0.4) is 0 Å². The zero-order valence-corrected chi connectivity index (χ0v) is 21.4. The number of hydrogen-bond donors (Lipinski definition) is 1. The zero-order valence-electron chi connectivity index (χ0n) is 20.7. The molecule has 1 N–H and O–H groups in total. The van der Waals surface area contributed by atoms with Gasteiger partial charge >= 0.3 is 0 Å². The molecule has 1 aliphatic rings. The second-order valence-corrected chi connectivity index (χ2v) is 9.25. The number of rotatable bonds is 6. The first-order valence-electron chi connectivity index (χ1n) is 11.5. The van der Waals surface area contributed by atoms with Gasteiger partial charge in [-0.2, -0.15) is 0 Å². The van der Waals surface area contributed by atoms with Crippen molar-refractivity contribution in [3.05, 3.63) is 99.5 Å². The molecule has 1 unspecified atom stereocenters. The number of aliphatic hydroxyl groups is 1. The Balaban J connectivity index is 1.70. The first kappa shape index (κ1) is 24.5. The molecule has 7 nitrogen and oxygen atoms in total. The number of halogens is 1. The molecule has 3 aromatic carbocycles. The number of ketones is 1. The van der Waals surface area contributed by atoms with Crippen LogP contribution in [0.4, 0.5) is 5.69 Å². The fraction of sp³-hybridized carbons (Fsp3) is 0.172. The van der Waals surface area contributed by atoms with Crippen LogP contribution in [0.5, 0.6) is 11.5 Å². The predicted octanol–water partition coefficient (Wildman–Crippen LogP) is 6.50. The van der Waals surface area contributed by atoms with Crippen LogP contribution in [0.25, 0.3) is 11.0 Å². The molecule has 4 aromatic rings. The molecule has 1 aliphatic heterocycles. The number of methoxy groups -OCH3 is 2. The Bertz CT molecular complexity index is 1600. The van der Waals surface area contributed by atoms with Crippen molar-refractivity contribution in [2.75, 3.05) is 19.1 Å². The maximum absolute atomic E-state index is 13.9. The fourth-order valence-electron chi connectivity index (χ4n) is 4.65. The van der Waals surface area contributed by atoms with Gasteiger partial charge in [0.15, 0.2) is 22.9 Å². The summed E-state index contributed by atoms with van der Waals surface area (Å²) in [6.45, 7) is 3.90. The van der Waals surface area contributed by atoms with Gasteiger partial charge in [0.2, 0.25) is 5.78 Å². The van der Waals surface area contributed by atoms with Crippen molar-refractivity contribution in [1.29, 1.82) is 0 Å². The van der Waals surface area contributed by atoms with E-state index in [0.717, 1.165) is 11.1 Å². The maximum Gasteiger partial charge on any atom is 0.294 e. The average Bonchev–Trinajstić information content (AvgIpc) is 3.43. The third kappa shape index (κ3) is 4.01. The average molecular weight is 518 g/mol. The molecule has 37 heavy (non-hydrogen) atoms.